The van der Waals surface area contributed by atoms with Crippen LogP contribution in [-0.2, 0) is 9.53 Å². The second-order valence-electron chi connectivity index (χ2n) is 5.01. The minimum absolute atomic E-state index is 0.0900. The van der Waals surface area contributed by atoms with Crippen molar-refractivity contribution in [1.82, 2.24) is 9.97 Å². The molecule has 0 radical (unpaired) electrons. The number of carbonyl (C=O) groups excluding carboxylic acids is 1. The fraction of sp³-hybridized carbons (Fsp3) is 0.235. The summed E-state index contributed by atoms with van der Waals surface area (Å²) in [5.41, 5.74) is 0.460. The molecule has 0 bridgehead atoms. The Balaban J connectivity index is 2.69. The SMILES string of the molecule is COC(=O)/C(=C\c1cc(OC)c(OC)c(OC)c1)c1cc(=O)[nH]c(=S)[nH]1. The van der Waals surface area contributed by atoms with Crippen molar-refractivity contribution >= 4 is 29.8 Å². The third-order valence-corrected chi connectivity index (χ3v) is 3.66. The average Bonchev–Trinajstić information content (AvgIpc) is 2.63. The number of nitrogens with one attached hydrogen (secondary N) is 2. The third kappa shape index (κ3) is 4.12. The largest absolute Gasteiger partial charge is 0.493 e. The fourth-order valence-corrected chi connectivity index (χ4v) is 2.53. The number of aromatic nitrogens is 2. The summed E-state index contributed by atoms with van der Waals surface area (Å²) in [6.07, 6.45) is 1.52. The van der Waals surface area contributed by atoms with E-state index in [0.717, 1.165) is 0 Å². The van der Waals surface area contributed by atoms with E-state index in [0.29, 0.717) is 22.8 Å². The maximum Gasteiger partial charge on any atom is 0.339 e. The molecule has 1 aromatic heterocycles. The van der Waals surface area contributed by atoms with Crippen molar-refractivity contribution in [3.05, 3.63) is 44.6 Å². The van der Waals surface area contributed by atoms with Crippen molar-refractivity contribution in [3.63, 3.8) is 0 Å². The molecule has 1 aromatic carbocycles. The molecule has 2 aromatic rings. The molecule has 0 aliphatic carbocycles. The van der Waals surface area contributed by atoms with Crippen LogP contribution in [-0.4, -0.2) is 44.4 Å². The zero-order valence-corrected chi connectivity index (χ0v) is 15.5. The van der Waals surface area contributed by atoms with Crippen LogP contribution in [0.15, 0.2) is 23.0 Å². The first-order valence-corrected chi connectivity index (χ1v) is 7.78. The Hall–Kier alpha value is -3.07. The number of hydrogen-bond donors (Lipinski definition) is 2. The van der Waals surface area contributed by atoms with Gasteiger partial charge in [-0.25, -0.2) is 4.79 Å². The van der Waals surface area contributed by atoms with Gasteiger partial charge in [0.05, 0.1) is 39.7 Å². The molecule has 8 nitrogen and oxygen atoms in total. The number of hydrogen-bond acceptors (Lipinski definition) is 7. The maximum absolute atomic E-state index is 12.2. The molecule has 2 N–H and O–H groups in total. The predicted octanol–water partition coefficient (Wildman–Crippen LogP) is 2.17. The highest BCUT2D eigenvalue weighted by atomic mass is 32.1. The van der Waals surface area contributed by atoms with Gasteiger partial charge in [0.15, 0.2) is 16.3 Å². The first-order chi connectivity index (χ1) is 12.4. The molecule has 9 heteroatoms. The van der Waals surface area contributed by atoms with Gasteiger partial charge in [0.2, 0.25) is 5.75 Å². The molecule has 0 saturated heterocycles. The van der Waals surface area contributed by atoms with Gasteiger partial charge < -0.3 is 23.9 Å². The van der Waals surface area contributed by atoms with Gasteiger partial charge in [0.1, 0.15) is 0 Å². The van der Waals surface area contributed by atoms with Gasteiger partial charge in [-0.15, -0.1) is 0 Å². The molecule has 2 rings (SSSR count). The van der Waals surface area contributed by atoms with Crippen molar-refractivity contribution in [2.45, 2.75) is 0 Å². The molecule has 0 saturated carbocycles. The van der Waals surface area contributed by atoms with E-state index >= 15 is 0 Å². The van der Waals surface area contributed by atoms with E-state index < -0.39 is 11.5 Å². The molecule has 0 aliphatic rings. The molecular weight excluding hydrogens is 360 g/mol. The van der Waals surface area contributed by atoms with Crippen LogP contribution in [0.3, 0.4) is 0 Å². The maximum atomic E-state index is 12.2. The Morgan fingerprint density at radius 3 is 2.08 bits per heavy atom. The van der Waals surface area contributed by atoms with E-state index in [9.17, 15) is 9.59 Å². The number of methoxy groups -OCH3 is 4. The van der Waals surface area contributed by atoms with E-state index in [1.807, 2.05) is 0 Å². The van der Waals surface area contributed by atoms with Crippen LogP contribution in [0.25, 0.3) is 11.6 Å². The molecule has 26 heavy (non-hydrogen) atoms. The van der Waals surface area contributed by atoms with E-state index in [1.165, 1.54) is 40.6 Å². The predicted molar refractivity (Wildman–Crippen MR) is 98.2 cm³/mol. The molecule has 0 fully saturated rings. The Morgan fingerprint density at radius 1 is 1.00 bits per heavy atom. The number of rotatable bonds is 6. The van der Waals surface area contributed by atoms with Gasteiger partial charge in [0.25, 0.3) is 5.56 Å². The first-order valence-electron chi connectivity index (χ1n) is 7.37. The molecule has 0 unspecified atom stereocenters. The van der Waals surface area contributed by atoms with Crippen molar-refractivity contribution < 1.29 is 23.7 Å². The Labute approximate surface area is 154 Å². The number of ether oxygens (including phenoxy) is 4. The van der Waals surface area contributed by atoms with Crippen LogP contribution < -0.4 is 19.8 Å². The molecule has 0 amide bonds. The van der Waals surface area contributed by atoms with Gasteiger partial charge in [-0.1, -0.05) is 0 Å². The quantitative estimate of drug-likeness (QED) is 0.451. The van der Waals surface area contributed by atoms with Crippen LogP contribution >= 0.6 is 12.2 Å². The van der Waals surface area contributed by atoms with Gasteiger partial charge in [-0.3, -0.25) is 9.78 Å². The standard InChI is InChI=1S/C17H18N2O6S/c1-22-12-6-9(7-13(23-2)15(12)24-3)5-10(16(21)25-4)11-8-14(20)19-17(26)18-11/h5-8H,1-4H3,(H2,18,19,20,26)/b10-5-. The molecule has 0 atom stereocenters. The summed E-state index contributed by atoms with van der Waals surface area (Å²) in [5.74, 6) is 0.611. The lowest BCUT2D eigenvalue weighted by atomic mass is 10.1. The zero-order valence-electron chi connectivity index (χ0n) is 14.7. The number of benzene rings is 1. The third-order valence-electron chi connectivity index (χ3n) is 3.45. The van der Waals surface area contributed by atoms with Gasteiger partial charge in [0, 0.05) is 6.07 Å². The molecular formula is C17H18N2O6S. The summed E-state index contributed by atoms with van der Waals surface area (Å²) in [4.78, 5) is 29.1. The summed E-state index contributed by atoms with van der Waals surface area (Å²) in [6.45, 7) is 0. The summed E-state index contributed by atoms with van der Waals surface area (Å²) in [5, 5.41) is 0. The van der Waals surface area contributed by atoms with Crippen LogP contribution in [0.5, 0.6) is 17.2 Å². The Bertz CT molecular complexity index is 907. The van der Waals surface area contributed by atoms with Gasteiger partial charge >= 0.3 is 5.97 Å². The minimum atomic E-state index is -0.644. The topological polar surface area (TPSA) is 103 Å². The van der Waals surface area contributed by atoms with E-state index in [-0.39, 0.29) is 16.0 Å². The summed E-state index contributed by atoms with van der Waals surface area (Å²) < 4.78 is 20.8. The summed E-state index contributed by atoms with van der Waals surface area (Å²) in [7, 11) is 5.71. The van der Waals surface area contributed by atoms with E-state index in [4.69, 9.17) is 31.2 Å². The Morgan fingerprint density at radius 2 is 1.62 bits per heavy atom. The molecule has 0 aliphatic heterocycles. The second kappa shape index (κ2) is 8.34. The molecule has 0 spiro atoms. The van der Waals surface area contributed by atoms with E-state index in [2.05, 4.69) is 9.97 Å². The molecule has 138 valence electrons. The first kappa shape index (κ1) is 19.3. The zero-order chi connectivity index (χ0) is 19.3. The normalized spacial score (nSPS) is 11.0. The second-order valence-corrected chi connectivity index (χ2v) is 5.42. The fourth-order valence-electron chi connectivity index (χ4n) is 2.32. The molecule has 1 heterocycles. The lowest BCUT2D eigenvalue weighted by Crippen LogP contribution is -2.12. The van der Waals surface area contributed by atoms with Crippen molar-refractivity contribution in [1.29, 1.82) is 0 Å². The van der Waals surface area contributed by atoms with Crippen LogP contribution in [0.4, 0.5) is 0 Å². The van der Waals surface area contributed by atoms with Gasteiger partial charge in [-0.05, 0) is 36.0 Å². The van der Waals surface area contributed by atoms with Crippen molar-refractivity contribution in [2.24, 2.45) is 0 Å². The van der Waals surface area contributed by atoms with E-state index in [1.54, 1.807) is 12.1 Å². The highest BCUT2D eigenvalue weighted by molar-refractivity contribution is 7.71. The number of esters is 1. The van der Waals surface area contributed by atoms with Gasteiger partial charge in [-0.2, -0.15) is 0 Å². The van der Waals surface area contributed by atoms with Crippen LogP contribution in [0.2, 0.25) is 0 Å². The monoisotopic (exact) mass is 378 g/mol. The minimum Gasteiger partial charge on any atom is -0.493 e. The smallest absolute Gasteiger partial charge is 0.339 e. The average molecular weight is 378 g/mol. The van der Waals surface area contributed by atoms with Crippen molar-refractivity contribution in [3.8, 4) is 17.2 Å². The lowest BCUT2D eigenvalue weighted by molar-refractivity contribution is -0.133. The highest BCUT2D eigenvalue weighted by Crippen LogP contribution is 2.39. The lowest BCUT2D eigenvalue weighted by Gasteiger charge is -2.13. The summed E-state index contributed by atoms with van der Waals surface area (Å²) in [6, 6.07) is 4.54. The number of H-pyrrole nitrogens is 2. The summed E-state index contributed by atoms with van der Waals surface area (Å²) >= 11 is 4.96. The van der Waals surface area contributed by atoms with Crippen molar-refractivity contribution in [2.75, 3.05) is 28.4 Å². The number of carbonyl (C=O) groups is 1. The van der Waals surface area contributed by atoms with Crippen LogP contribution in [0.1, 0.15) is 11.3 Å². The highest BCUT2D eigenvalue weighted by Gasteiger charge is 2.17. The van der Waals surface area contributed by atoms with Crippen LogP contribution in [0, 0.1) is 4.77 Å². The Kier molecular flexibility index (Phi) is 6.18. The number of aromatic amines is 2.